The quantitative estimate of drug-likeness (QED) is 0.775. The lowest BCUT2D eigenvalue weighted by atomic mass is 9.49. The van der Waals surface area contributed by atoms with Crippen LogP contribution in [0.3, 0.4) is 0 Å². The Morgan fingerprint density at radius 2 is 1.83 bits per heavy atom. The van der Waals surface area contributed by atoms with Crippen molar-refractivity contribution in [3.8, 4) is 0 Å². The number of hydrogen-bond acceptors (Lipinski definition) is 4. The Kier molecular flexibility index (Phi) is 4.65. The molecule has 0 aliphatic heterocycles. The predicted molar refractivity (Wildman–Crippen MR) is 109 cm³/mol. The van der Waals surface area contributed by atoms with E-state index in [0.717, 1.165) is 29.5 Å². The van der Waals surface area contributed by atoms with Gasteiger partial charge in [-0.1, -0.05) is 6.07 Å². The van der Waals surface area contributed by atoms with Crippen LogP contribution in [0.25, 0.3) is 0 Å². The summed E-state index contributed by atoms with van der Waals surface area (Å²) in [7, 11) is 0. The van der Waals surface area contributed by atoms with Gasteiger partial charge >= 0.3 is 0 Å². The minimum atomic E-state index is -0.484. The summed E-state index contributed by atoms with van der Waals surface area (Å²) < 4.78 is 13.2. The first-order chi connectivity index (χ1) is 14.0. The van der Waals surface area contributed by atoms with E-state index in [0.29, 0.717) is 5.13 Å². The zero-order chi connectivity index (χ0) is 20.0. The smallest absolute Gasteiger partial charge is 0.251 e. The molecular formula is C22H24FN3O2S. The first-order valence-electron chi connectivity index (χ1n) is 10.3. The summed E-state index contributed by atoms with van der Waals surface area (Å²) in [6.07, 6.45) is 7.87. The topological polar surface area (TPSA) is 71.1 Å². The molecular weight excluding hydrogens is 389 g/mol. The minimum Gasteiger partial charge on any atom is -0.343 e. The van der Waals surface area contributed by atoms with Gasteiger partial charge in [0.25, 0.3) is 5.91 Å². The molecule has 1 aromatic heterocycles. The van der Waals surface area contributed by atoms with Gasteiger partial charge in [0.2, 0.25) is 5.91 Å². The van der Waals surface area contributed by atoms with E-state index in [2.05, 4.69) is 16.0 Å². The fourth-order valence-electron chi connectivity index (χ4n) is 6.05. The van der Waals surface area contributed by atoms with Gasteiger partial charge in [-0.3, -0.25) is 9.59 Å². The predicted octanol–water partition coefficient (Wildman–Crippen LogP) is 4.12. The molecule has 5 nitrogen and oxygen atoms in total. The van der Waals surface area contributed by atoms with Crippen LogP contribution in [0.15, 0.2) is 29.6 Å². The van der Waals surface area contributed by atoms with Gasteiger partial charge < -0.3 is 10.6 Å². The molecule has 1 heterocycles. The Morgan fingerprint density at radius 1 is 1.14 bits per heavy atom. The molecule has 0 radical (unpaired) electrons. The van der Waals surface area contributed by atoms with E-state index in [1.807, 2.05) is 0 Å². The molecule has 4 aliphatic rings. The van der Waals surface area contributed by atoms with Gasteiger partial charge in [0.1, 0.15) is 5.82 Å². The number of anilines is 1. The molecule has 2 amide bonds. The fourth-order valence-corrected chi connectivity index (χ4v) is 6.90. The van der Waals surface area contributed by atoms with Crippen molar-refractivity contribution in [3.05, 3.63) is 46.7 Å². The van der Waals surface area contributed by atoms with Gasteiger partial charge in [0.15, 0.2) is 5.13 Å². The molecule has 2 aromatic rings. The van der Waals surface area contributed by atoms with Crippen molar-refractivity contribution in [2.45, 2.75) is 43.9 Å². The number of rotatable bonds is 5. The summed E-state index contributed by atoms with van der Waals surface area (Å²) in [5.74, 6) is 1.24. The van der Waals surface area contributed by atoms with Crippen LogP contribution >= 0.6 is 11.3 Å². The second-order valence-electron chi connectivity index (χ2n) is 8.98. The largest absolute Gasteiger partial charge is 0.343 e. The Hall–Kier alpha value is -2.28. The van der Waals surface area contributed by atoms with Gasteiger partial charge in [-0.25, -0.2) is 9.37 Å². The van der Waals surface area contributed by atoms with Crippen LogP contribution in [-0.4, -0.2) is 23.3 Å². The molecule has 4 fully saturated rings. The molecule has 4 aliphatic carbocycles. The van der Waals surface area contributed by atoms with Gasteiger partial charge in [-0.05, 0) is 74.5 Å². The normalized spacial score (nSPS) is 29.6. The zero-order valence-electron chi connectivity index (χ0n) is 16.1. The number of hydrogen-bond donors (Lipinski definition) is 2. The lowest BCUT2D eigenvalue weighted by Gasteiger charge is -2.56. The third-order valence-electron chi connectivity index (χ3n) is 6.83. The molecule has 152 valence electrons. The average molecular weight is 414 g/mol. The molecule has 4 saturated carbocycles. The summed E-state index contributed by atoms with van der Waals surface area (Å²) in [4.78, 5) is 29.0. The van der Waals surface area contributed by atoms with Crippen LogP contribution in [0.4, 0.5) is 9.52 Å². The zero-order valence-corrected chi connectivity index (χ0v) is 16.9. The highest BCUT2D eigenvalue weighted by atomic mass is 32.1. The van der Waals surface area contributed by atoms with Gasteiger partial charge in [-0.15, -0.1) is 11.3 Å². The third-order valence-corrected chi connectivity index (χ3v) is 7.59. The van der Waals surface area contributed by atoms with E-state index < -0.39 is 11.7 Å². The van der Waals surface area contributed by atoms with Gasteiger partial charge in [-0.2, -0.15) is 0 Å². The molecule has 4 bridgehead atoms. The van der Waals surface area contributed by atoms with Crippen molar-refractivity contribution in [1.29, 1.82) is 0 Å². The summed E-state index contributed by atoms with van der Waals surface area (Å²) >= 11 is 1.45. The number of amides is 2. The van der Waals surface area contributed by atoms with Crippen LogP contribution in [0.5, 0.6) is 0 Å². The Bertz CT molecular complexity index is 922. The molecule has 7 heteroatoms. The number of nitrogens with zero attached hydrogens (tertiary/aromatic N) is 1. The molecule has 0 spiro atoms. The molecule has 2 N–H and O–H groups in total. The van der Waals surface area contributed by atoms with E-state index in [-0.39, 0.29) is 23.4 Å². The van der Waals surface area contributed by atoms with E-state index in [9.17, 15) is 14.0 Å². The number of benzene rings is 1. The number of nitrogens with one attached hydrogen (secondary N) is 2. The second kappa shape index (κ2) is 7.20. The fraction of sp³-hybridized carbons (Fsp3) is 0.500. The van der Waals surface area contributed by atoms with E-state index in [1.165, 1.54) is 68.1 Å². The van der Waals surface area contributed by atoms with Gasteiger partial charge in [0.05, 0.1) is 12.2 Å². The monoisotopic (exact) mass is 413 g/mol. The molecule has 29 heavy (non-hydrogen) atoms. The standard InChI is InChI=1S/C22H24FN3O2S/c23-17-3-1-2-16(7-17)20(28)24-11-19(27)26-21-25-18(12-29-21)22-8-13-4-14(9-22)6-15(5-13)10-22/h1-3,7,12-15H,4-6,8-11H2,(H,24,28)(H,25,26,27). The van der Waals surface area contributed by atoms with Gasteiger partial charge in [0, 0.05) is 16.4 Å². The Labute approximate surface area is 173 Å². The van der Waals surface area contributed by atoms with Crippen molar-refractivity contribution in [2.75, 3.05) is 11.9 Å². The van der Waals surface area contributed by atoms with Crippen LogP contribution in [0.2, 0.25) is 0 Å². The summed E-state index contributed by atoms with van der Waals surface area (Å²) in [5, 5.41) is 8.00. The van der Waals surface area contributed by atoms with E-state index in [4.69, 9.17) is 4.98 Å². The molecule has 6 rings (SSSR count). The summed E-state index contributed by atoms with van der Waals surface area (Å²) in [6, 6.07) is 5.39. The Balaban J connectivity index is 1.19. The lowest BCUT2D eigenvalue weighted by Crippen LogP contribution is -2.48. The van der Waals surface area contributed by atoms with Crippen molar-refractivity contribution < 1.29 is 14.0 Å². The number of carbonyl (C=O) groups excluding carboxylic acids is 2. The average Bonchev–Trinajstić information content (AvgIpc) is 3.14. The molecule has 0 unspecified atom stereocenters. The highest BCUT2D eigenvalue weighted by Crippen LogP contribution is 2.60. The maximum absolute atomic E-state index is 13.2. The van der Waals surface area contributed by atoms with Crippen LogP contribution < -0.4 is 10.6 Å². The van der Waals surface area contributed by atoms with E-state index in [1.54, 1.807) is 0 Å². The lowest BCUT2D eigenvalue weighted by molar-refractivity contribution is -0.115. The van der Waals surface area contributed by atoms with Crippen molar-refractivity contribution in [2.24, 2.45) is 17.8 Å². The summed E-state index contributed by atoms with van der Waals surface area (Å²) in [6.45, 7) is -0.179. The third kappa shape index (κ3) is 3.68. The maximum Gasteiger partial charge on any atom is 0.251 e. The van der Waals surface area contributed by atoms with Crippen LogP contribution in [0.1, 0.15) is 54.6 Å². The van der Waals surface area contributed by atoms with Crippen molar-refractivity contribution >= 4 is 28.3 Å². The summed E-state index contributed by atoms with van der Waals surface area (Å²) in [5.41, 5.74) is 1.54. The number of carbonyl (C=O) groups is 2. The highest BCUT2D eigenvalue weighted by Gasteiger charge is 2.52. The molecule has 0 saturated heterocycles. The first kappa shape index (κ1) is 18.7. The minimum absolute atomic E-state index is 0.179. The van der Waals surface area contributed by atoms with Crippen molar-refractivity contribution in [1.82, 2.24) is 10.3 Å². The van der Waals surface area contributed by atoms with Crippen molar-refractivity contribution in [3.63, 3.8) is 0 Å². The molecule has 0 atom stereocenters. The maximum atomic E-state index is 13.2. The highest BCUT2D eigenvalue weighted by molar-refractivity contribution is 7.14. The second-order valence-corrected chi connectivity index (χ2v) is 9.84. The van der Waals surface area contributed by atoms with E-state index >= 15 is 0 Å². The van der Waals surface area contributed by atoms with Crippen LogP contribution in [-0.2, 0) is 10.2 Å². The SMILES string of the molecule is O=C(CNC(=O)c1cccc(F)c1)Nc1nc(C23CC4CC(CC(C4)C2)C3)cs1. The molecule has 1 aromatic carbocycles. The Morgan fingerprint density at radius 3 is 2.48 bits per heavy atom. The van der Waals surface area contributed by atoms with Crippen LogP contribution in [0, 0.1) is 23.6 Å². The number of thiazole rings is 1. The number of halogens is 1. The first-order valence-corrected chi connectivity index (χ1v) is 11.2. The number of aromatic nitrogens is 1.